The second-order valence-corrected chi connectivity index (χ2v) is 3.70. The zero-order valence-corrected chi connectivity index (χ0v) is 10.5. The highest BCUT2D eigenvalue weighted by molar-refractivity contribution is 5.75. The molecule has 0 spiro atoms. The molecule has 0 aromatic rings. The van der Waals surface area contributed by atoms with Gasteiger partial charge in [-0.05, 0) is 19.8 Å². The molecule has 0 N–H and O–H groups in total. The number of rotatable bonds is 9. The summed E-state index contributed by atoms with van der Waals surface area (Å²) in [6, 6.07) is 0. The monoisotopic (exact) mass is 244 g/mol. The molecule has 5 nitrogen and oxygen atoms in total. The van der Waals surface area contributed by atoms with Crippen molar-refractivity contribution in [3.63, 3.8) is 0 Å². The molecule has 0 atom stereocenters. The highest BCUT2D eigenvalue weighted by atomic mass is 16.6. The van der Waals surface area contributed by atoms with E-state index in [1.54, 1.807) is 6.92 Å². The van der Waals surface area contributed by atoms with Crippen LogP contribution in [0.1, 0.15) is 46.0 Å². The molecular weight excluding hydrogens is 224 g/mol. The standard InChI is InChI=1S/C12H20O5/c1-3-11(14)16-8-9-17-12(15)7-5-4-6-10(2)13/h3-9H2,1-2H3. The van der Waals surface area contributed by atoms with E-state index in [9.17, 15) is 14.4 Å². The molecule has 0 bridgehead atoms. The lowest BCUT2D eigenvalue weighted by Crippen LogP contribution is -2.13. The fraction of sp³-hybridized carbons (Fsp3) is 0.750. The summed E-state index contributed by atoms with van der Waals surface area (Å²) in [4.78, 5) is 32.5. The van der Waals surface area contributed by atoms with E-state index >= 15 is 0 Å². The van der Waals surface area contributed by atoms with Gasteiger partial charge in [0.05, 0.1) is 0 Å². The van der Waals surface area contributed by atoms with Gasteiger partial charge in [0.25, 0.3) is 0 Å². The first-order chi connectivity index (χ1) is 8.06. The summed E-state index contributed by atoms with van der Waals surface area (Å²) < 4.78 is 9.58. The van der Waals surface area contributed by atoms with Gasteiger partial charge < -0.3 is 14.3 Å². The van der Waals surface area contributed by atoms with Gasteiger partial charge >= 0.3 is 11.9 Å². The summed E-state index contributed by atoms with van der Waals surface area (Å²) in [6.07, 6.45) is 2.47. The Morgan fingerprint density at radius 3 is 1.94 bits per heavy atom. The third-order valence-electron chi connectivity index (χ3n) is 2.06. The number of unbranched alkanes of at least 4 members (excludes halogenated alkanes) is 1. The third-order valence-corrected chi connectivity index (χ3v) is 2.06. The Kier molecular flexibility index (Phi) is 9.01. The lowest BCUT2D eigenvalue weighted by atomic mass is 10.1. The normalized spacial score (nSPS) is 9.76. The summed E-state index contributed by atoms with van der Waals surface area (Å²) in [5.74, 6) is -0.492. The first-order valence-electron chi connectivity index (χ1n) is 5.87. The van der Waals surface area contributed by atoms with Crippen molar-refractivity contribution in [3.05, 3.63) is 0 Å². The molecule has 0 unspecified atom stereocenters. The minimum absolute atomic E-state index is 0.0945. The average Bonchev–Trinajstić information content (AvgIpc) is 2.29. The maximum absolute atomic E-state index is 11.2. The number of ketones is 1. The molecule has 0 aliphatic carbocycles. The van der Waals surface area contributed by atoms with E-state index in [1.165, 1.54) is 6.92 Å². The molecule has 0 aromatic carbocycles. The summed E-state index contributed by atoms with van der Waals surface area (Å²) in [5.41, 5.74) is 0. The van der Waals surface area contributed by atoms with Crippen molar-refractivity contribution in [1.82, 2.24) is 0 Å². The molecule has 0 saturated carbocycles. The number of Topliss-reactive ketones (excluding diaryl/α,β-unsaturated/α-hetero) is 1. The van der Waals surface area contributed by atoms with Crippen molar-refractivity contribution in [1.29, 1.82) is 0 Å². The van der Waals surface area contributed by atoms with Gasteiger partial charge in [0, 0.05) is 19.3 Å². The summed E-state index contributed by atoms with van der Waals surface area (Å²) in [6.45, 7) is 3.42. The minimum Gasteiger partial charge on any atom is -0.462 e. The smallest absolute Gasteiger partial charge is 0.305 e. The van der Waals surface area contributed by atoms with Crippen LogP contribution in [0.3, 0.4) is 0 Å². The van der Waals surface area contributed by atoms with Crippen LogP contribution in [0.5, 0.6) is 0 Å². The maximum Gasteiger partial charge on any atom is 0.305 e. The largest absolute Gasteiger partial charge is 0.462 e. The fourth-order valence-electron chi connectivity index (χ4n) is 1.13. The van der Waals surface area contributed by atoms with Crippen LogP contribution in [0.25, 0.3) is 0 Å². The van der Waals surface area contributed by atoms with Gasteiger partial charge in [0.2, 0.25) is 0 Å². The first kappa shape index (κ1) is 15.6. The van der Waals surface area contributed by atoms with E-state index in [1.807, 2.05) is 0 Å². The lowest BCUT2D eigenvalue weighted by Gasteiger charge is -2.05. The van der Waals surface area contributed by atoms with Crippen LogP contribution in [0, 0.1) is 0 Å². The van der Waals surface area contributed by atoms with Gasteiger partial charge in [-0.1, -0.05) is 6.92 Å². The van der Waals surface area contributed by atoms with Crippen LogP contribution in [0.4, 0.5) is 0 Å². The molecule has 0 aromatic heterocycles. The lowest BCUT2D eigenvalue weighted by molar-refractivity contribution is -0.152. The van der Waals surface area contributed by atoms with Gasteiger partial charge in [-0.15, -0.1) is 0 Å². The molecule has 0 aliphatic rings. The molecule has 0 heterocycles. The van der Waals surface area contributed by atoms with Crippen molar-refractivity contribution in [2.24, 2.45) is 0 Å². The minimum atomic E-state index is -0.318. The zero-order chi connectivity index (χ0) is 13.1. The van der Waals surface area contributed by atoms with Crippen molar-refractivity contribution >= 4 is 17.7 Å². The topological polar surface area (TPSA) is 69.7 Å². The number of carbonyl (C=O) groups is 3. The third kappa shape index (κ3) is 10.9. The van der Waals surface area contributed by atoms with Gasteiger partial charge in [-0.3, -0.25) is 9.59 Å². The fourth-order valence-corrected chi connectivity index (χ4v) is 1.13. The predicted molar refractivity (Wildman–Crippen MR) is 61.4 cm³/mol. The molecular formula is C12H20O5. The van der Waals surface area contributed by atoms with Crippen molar-refractivity contribution < 1.29 is 23.9 Å². The second-order valence-electron chi connectivity index (χ2n) is 3.70. The van der Waals surface area contributed by atoms with E-state index < -0.39 is 0 Å². The van der Waals surface area contributed by atoms with Crippen molar-refractivity contribution in [3.8, 4) is 0 Å². The second kappa shape index (κ2) is 9.81. The molecule has 5 heteroatoms. The number of carbonyl (C=O) groups excluding carboxylic acids is 3. The Morgan fingerprint density at radius 1 is 0.882 bits per heavy atom. The Morgan fingerprint density at radius 2 is 1.41 bits per heavy atom. The summed E-state index contributed by atoms with van der Waals surface area (Å²) in [7, 11) is 0. The number of esters is 2. The summed E-state index contributed by atoms with van der Waals surface area (Å²) >= 11 is 0. The van der Waals surface area contributed by atoms with Crippen molar-refractivity contribution in [2.75, 3.05) is 13.2 Å². The van der Waals surface area contributed by atoms with Gasteiger partial charge in [-0.25, -0.2) is 0 Å². The van der Waals surface area contributed by atoms with Crippen molar-refractivity contribution in [2.45, 2.75) is 46.0 Å². The van der Waals surface area contributed by atoms with Gasteiger partial charge in [0.15, 0.2) is 0 Å². The Bertz CT molecular complexity index is 260. The number of hydrogen-bond acceptors (Lipinski definition) is 5. The molecule has 0 saturated heterocycles. The summed E-state index contributed by atoms with van der Waals surface area (Å²) in [5, 5.41) is 0. The highest BCUT2D eigenvalue weighted by Crippen LogP contribution is 2.01. The molecule has 0 rings (SSSR count). The van der Waals surface area contributed by atoms with Crippen LogP contribution >= 0.6 is 0 Å². The average molecular weight is 244 g/mol. The molecule has 0 amide bonds. The number of hydrogen-bond donors (Lipinski definition) is 0. The molecule has 0 aliphatic heterocycles. The van der Waals surface area contributed by atoms with Crippen LogP contribution in [0.15, 0.2) is 0 Å². The van der Waals surface area contributed by atoms with Gasteiger partial charge in [0.1, 0.15) is 19.0 Å². The molecule has 0 fully saturated rings. The Labute approximate surface area is 101 Å². The zero-order valence-electron chi connectivity index (χ0n) is 10.5. The molecule has 17 heavy (non-hydrogen) atoms. The van der Waals surface area contributed by atoms with E-state index in [4.69, 9.17) is 9.47 Å². The maximum atomic E-state index is 11.2. The number of ether oxygens (including phenoxy) is 2. The molecule has 0 radical (unpaired) electrons. The SMILES string of the molecule is CCC(=O)OCCOC(=O)CCCCC(C)=O. The van der Waals surface area contributed by atoms with E-state index in [0.29, 0.717) is 32.1 Å². The Hall–Kier alpha value is -1.39. The first-order valence-corrected chi connectivity index (χ1v) is 5.87. The van der Waals surface area contributed by atoms with E-state index in [2.05, 4.69) is 0 Å². The van der Waals surface area contributed by atoms with Gasteiger partial charge in [-0.2, -0.15) is 0 Å². The van der Waals surface area contributed by atoms with Crippen LogP contribution in [-0.4, -0.2) is 30.9 Å². The van der Waals surface area contributed by atoms with E-state index in [0.717, 1.165) is 0 Å². The quantitative estimate of drug-likeness (QED) is 0.455. The molecule has 98 valence electrons. The van der Waals surface area contributed by atoms with E-state index in [-0.39, 0.29) is 30.9 Å². The van der Waals surface area contributed by atoms with Crippen LogP contribution in [0.2, 0.25) is 0 Å². The van der Waals surface area contributed by atoms with Crippen LogP contribution < -0.4 is 0 Å². The highest BCUT2D eigenvalue weighted by Gasteiger charge is 2.04. The van der Waals surface area contributed by atoms with Crippen LogP contribution in [-0.2, 0) is 23.9 Å². The Balaban J connectivity index is 3.35. The predicted octanol–water partition coefficient (Wildman–Crippen LogP) is 1.63.